The Labute approximate surface area is 203 Å². The van der Waals surface area contributed by atoms with E-state index in [4.69, 9.17) is 0 Å². The molecule has 8 heteroatoms. The minimum atomic E-state index is -0.217. The van der Waals surface area contributed by atoms with Crippen LogP contribution >= 0.6 is 0 Å². The minimum Gasteiger partial charge on any atom is -0.369 e. The number of halogens is 1. The number of nitrogens with one attached hydrogen (secondary N) is 2. The van der Waals surface area contributed by atoms with Crippen molar-refractivity contribution in [3.8, 4) is 0 Å². The fourth-order valence-corrected chi connectivity index (χ4v) is 4.33. The van der Waals surface area contributed by atoms with E-state index < -0.39 is 0 Å². The summed E-state index contributed by atoms with van der Waals surface area (Å²) in [6.45, 7) is 4.87. The second-order valence-corrected chi connectivity index (χ2v) is 8.47. The number of anilines is 3. The van der Waals surface area contributed by atoms with Crippen LogP contribution in [0.4, 0.5) is 21.6 Å². The predicted octanol–water partition coefficient (Wildman–Crippen LogP) is 4.06. The molecule has 1 fully saturated rings. The molecule has 0 unspecified atom stereocenters. The van der Waals surface area contributed by atoms with Gasteiger partial charge in [-0.15, -0.1) is 0 Å². The number of rotatable bonds is 7. The maximum atomic E-state index is 13.2. The SMILES string of the molecule is O=C(NCCN1CCN(c2ccc(F)cc2)CC1)c1ccccc1Nc1ncnc2ccccc12. The van der Waals surface area contributed by atoms with Gasteiger partial charge >= 0.3 is 0 Å². The van der Waals surface area contributed by atoms with Crippen LogP contribution in [0.2, 0.25) is 0 Å². The summed E-state index contributed by atoms with van der Waals surface area (Å²) in [4.78, 5) is 26.2. The molecule has 1 amide bonds. The quantitative estimate of drug-likeness (QED) is 0.424. The largest absolute Gasteiger partial charge is 0.369 e. The van der Waals surface area contributed by atoms with E-state index in [1.807, 2.05) is 60.7 Å². The van der Waals surface area contributed by atoms with E-state index in [1.165, 1.54) is 18.5 Å². The Morgan fingerprint density at radius 2 is 1.63 bits per heavy atom. The smallest absolute Gasteiger partial charge is 0.253 e. The first-order valence-corrected chi connectivity index (χ1v) is 11.7. The van der Waals surface area contributed by atoms with Crippen molar-refractivity contribution in [1.29, 1.82) is 0 Å². The van der Waals surface area contributed by atoms with Crippen LogP contribution < -0.4 is 15.5 Å². The molecule has 1 aliphatic rings. The van der Waals surface area contributed by atoms with Crippen molar-refractivity contribution in [1.82, 2.24) is 20.2 Å². The zero-order chi connectivity index (χ0) is 24.0. The molecule has 0 bridgehead atoms. The highest BCUT2D eigenvalue weighted by Crippen LogP contribution is 2.25. The van der Waals surface area contributed by atoms with Gasteiger partial charge in [0.25, 0.3) is 5.91 Å². The summed E-state index contributed by atoms with van der Waals surface area (Å²) in [5.74, 6) is 0.316. The lowest BCUT2D eigenvalue weighted by Gasteiger charge is -2.36. The van der Waals surface area contributed by atoms with E-state index in [0.29, 0.717) is 23.6 Å². The van der Waals surface area contributed by atoms with Crippen LogP contribution in [0.1, 0.15) is 10.4 Å². The van der Waals surface area contributed by atoms with Crippen LogP contribution in [0.25, 0.3) is 10.9 Å². The van der Waals surface area contributed by atoms with Crippen LogP contribution in [0, 0.1) is 5.82 Å². The number of carbonyl (C=O) groups excluding carboxylic acids is 1. The number of hydrogen-bond acceptors (Lipinski definition) is 6. The van der Waals surface area contributed by atoms with E-state index in [9.17, 15) is 9.18 Å². The lowest BCUT2D eigenvalue weighted by Crippen LogP contribution is -2.48. The number of aromatic nitrogens is 2. The molecule has 7 nitrogen and oxygen atoms in total. The van der Waals surface area contributed by atoms with E-state index >= 15 is 0 Å². The molecule has 0 radical (unpaired) electrons. The van der Waals surface area contributed by atoms with E-state index in [1.54, 1.807) is 0 Å². The number of hydrogen-bond donors (Lipinski definition) is 2. The van der Waals surface area contributed by atoms with Crippen molar-refractivity contribution in [2.45, 2.75) is 0 Å². The highest BCUT2D eigenvalue weighted by molar-refractivity contribution is 6.01. The normalized spacial score (nSPS) is 14.1. The highest BCUT2D eigenvalue weighted by atomic mass is 19.1. The third-order valence-electron chi connectivity index (χ3n) is 6.25. The monoisotopic (exact) mass is 470 g/mol. The molecule has 1 aliphatic heterocycles. The first-order valence-electron chi connectivity index (χ1n) is 11.7. The average Bonchev–Trinajstić information content (AvgIpc) is 2.90. The van der Waals surface area contributed by atoms with Gasteiger partial charge in [-0.3, -0.25) is 9.69 Å². The Morgan fingerprint density at radius 1 is 0.886 bits per heavy atom. The van der Waals surface area contributed by atoms with Gasteiger partial charge in [0.15, 0.2) is 0 Å². The number of benzene rings is 3. The lowest BCUT2D eigenvalue weighted by atomic mass is 10.1. The maximum Gasteiger partial charge on any atom is 0.253 e. The second kappa shape index (κ2) is 10.5. The Morgan fingerprint density at radius 3 is 2.46 bits per heavy atom. The third kappa shape index (κ3) is 5.38. The van der Waals surface area contributed by atoms with E-state index in [0.717, 1.165) is 49.3 Å². The van der Waals surface area contributed by atoms with Crippen molar-refractivity contribution in [3.63, 3.8) is 0 Å². The number of nitrogens with zero attached hydrogens (tertiary/aromatic N) is 4. The zero-order valence-corrected chi connectivity index (χ0v) is 19.3. The van der Waals surface area contributed by atoms with Crippen LogP contribution in [-0.4, -0.2) is 60.0 Å². The maximum absolute atomic E-state index is 13.2. The van der Waals surface area contributed by atoms with Crippen LogP contribution in [0.3, 0.4) is 0 Å². The molecule has 2 N–H and O–H groups in total. The predicted molar refractivity (Wildman–Crippen MR) is 137 cm³/mol. The number of carbonyl (C=O) groups is 1. The average molecular weight is 471 g/mol. The fraction of sp³-hybridized carbons (Fsp3) is 0.222. The van der Waals surface area contributed by atoms with Gasteiger partial charge in [-0.05, 0) is 48.5 Å². The van der Waals surface area contributed by atoms with Crippen molar-refractivity contribution in [2.75, 3.05) is 49.5 Å². The number of amides is 1. The van der Waals surface area contributed by atoms with Crippen LogP contribution in [0.5, 0.6) is 0 Å². The lowest BCUT2D eigenvalue weighted by molar-refractivity contribution is 0.0948. The van der Waals surface area contributed by atoms with Gasteiger partial charge in [-0.2, -0.15) is 0 Å². The summed E-state index contributed by atoms with van der Waals surface area (Å²) in [6, 6.07) is 21.8. The van der Waals surface area contributed by atoms with Gasteiger partial charge in [0, 0.05) is 50.3 Å². The molecule has 3 aromatic carbocycles. The Balaban J connectivity index is 1.16. The molecule has 4 aromatic rings. The van der Waals surface area contributed by atoms with Gasteiger partial charge < -0.3 is 15.5 Å². The molecular formula is C27H27FN6O. The molecule has 0 atom stereocenters. The first kappa shape index (κ1) is 22.7. The van der Waals surface area contributed by atoms with Gasteiger partial charge in [0.1, 0.15) is 18.0 Å². The Bertz CT molecular complexity index is 1300. The fourth-order valence-electron chi connectivity index (χ4n) is 4.33. The van der Waals surface area contributed by atoms with E-state index in [2.05, 4.69) is 30.4 Å². The molecule has 178 valence electrons. The number of para-hydroxylation sites is 2. The molecule has 0 spiro atoms. The van der Waals surface area contributed by atoms with Crippen molar-refractivity contribution in [3.05, 3.63) is 90.5 Å². The topological polar surface area (TPSA) is 73.4 Å². The molecule has 5 rings (SSSR count). The first-order chi connectivity index (χ1) is 17.2. The Kier molecular flexibility index (Phi) is 6.81. The summed E-state index contributed by atoms with van der Waals surface area (Å²) in [5.41, 5.74) is 3.14. The Hall–Kier alpha value is -4.04. The van der Waals surface area contributed by atoms with Gasteiger partial charge in [-0.25, -0.2) is 14.4 Å². The second-order valence-electron chi connectivity index (χ2n) is 8.47. The summed E-state index contributed by atoms with van der Waals surface area (Å²) in [7, 11) is 0. The molecule has 1 saturated heterocycles. The molecule has 0 aliphatic carbocycles. The molecule has 35 heavy (non-hydrogen) atoms. The number of fused-ring (bicyclic) bond motifs is 1. The van der Waals surface area contributed by atoms with Crippen molar-refractivity contribution >= 4 is 34.0 Å². The number of piperazine rings is 1. The van der Waals surface area contributed by atoms with E-state index in [-0.39, 0.29) is 11.7 Å². The van der Waals surface area contributed by atoms with Gasteiger partial charge in [0.05, 0.1) is 16.8 Å². The molecule has 2 heterocycles. The third-order valence-corrected chi connectivity index (χ3v) is 6.25. The highest BCUT2D eigenvalue weighted by Gasteiger charge is 2.18. The summed E-state index contributed by atoms with van der Waals surface area (Å²) >= 11 is 0. The van der Waals surface area contributed by atoms with Crippen molar-refractivity contribution in [2.24, 2.45) is 0 Å². The van der Waals surface area contributed by atoms with Crippen LogP contribution in [0.15, 0.2) is 79.1 Å². The summed E-state index contributed by atoms with van der Waals surface area (Å²) in [5, 5.41) is 7.25. The molecule has 0 saturated carbocycles. The zero-order valence-electron chi connectivity index (χ0n) is 19.3. The minimum absolute atomic E-state index is 0.128. The van der Waals surface area contributed by atoms with Crippen LogP contribution in [-0.2, 0) is 0 Å². The standard InChI is InChI=1S/C27H27FN6O/c28-20-9-11-21(12-10-20)34-17-15-33(16-18-34)14-13-29-27(35)23-6-2-4-8-25(23)32-26-22-5-1-3-7-24(22)30-19-31-26/h1-12,19H,13-18H2,(H,29,35)(H,30,31,32). The van der Waals surface area contributed by atoms with Crippen molar-refractivity contribution < 1.29 is 9.18 Å². The molecule has 1 aromatic heterocycles. The molecular weight excluding hydrogens is 443 g/mol. The van der Waals surface area contributed by atoms with Gasteiger partial charge in [0.2, 0.25) is 0 Å². The summed E-state index contributed by atoms with van der Waals surface area (Å²) in [6.07, 6.45) is 1.52. The summed E-state index contributed by atoms with van der Waals surface area (Å²) < 4.78 is 13.2. The van der Waals surface area contributed by atoms with Gasteiger partial charge in [-0.1, -0.05) is 24.3 Å².